The number of hydrogen-bond acceptors (Lipinski definition) is 3. The van der Waals surface area contributed by atoms with Gasteiger partial charge in [0, 0.05) is 19.0 Å². The van der Waals surface area contributed by atoms with Crippen LogP contribution in [0.15, 0.2) is 24.3 Å². The Balaban J connectivity index is 1.92. The number of anilines is 2. The Morgan fingerprint density at radius 1 is 1.22 bits per heavy atom. The molecule has 0 bridgehead atoms. The summed E-state index contributed by atoms with van der Waals surface area (Å²) in [6, 6.07) is 8.46. The van der Waals surface area contributed by atoms with Crippen molar-refractivity contribution in [3.63, 3.8) is 0 Å². The van der Waals surface area contributed by atoms with Gasteiger partial charge in [-0.25, -0.2) is 0 Å². The Bertz CT molecular complexity index is 481. The van der Waals surface area contributed by atoms with Gasteiger partial charge in [0.15, 0.2) is 0 Å². The van der Waals surface area contributed by atoms with Crippen molar-refractivity contribution in [3.05, 3.63) is 24.3 Å². The molecule has 18 heavy (non-hydrogen) atoms. The first-order chi connectivity index (χ1) is 8.55. The zero-order chi connectivity index (χ0) is 12.8. The van der Waals surface area contributed by atoms with E-state index in [0.717, 1.165) is 24.3 Å². The molecule has 96 valence electrons. The molecule has 1 aliphatic carbocycles. The number of rotatable bonds is 0. The predicted molar refractivity (Wildman–Crippen MR) is 73.9 cm³/mol. The van der Waals surface area contributed by atoms with E-state index in [1.54, 1.807) is 0 Å². The van der Waals surface area contributed by atoms with E-state index in [0.29, 0.717) is 12.2 Å². The summed E-state index contributed by atoms with van der Waals surface area (Å²) in [6.07, 6.45) is 1.76. The highest BCUT2D eigenvalue weighted by molar-refractivity contribution is 5.86. The summed E-state index contributed by atoms with van der Waals surface area (Å²) in [4.78, 5) is 12.3. The Labute approximate surface area is 108 Å². The van der Waals surface area contributed by atoms with E-state index in [1.807, 2.05) is 12.1 Å². The van der Waals surface area contributed by atoms with Crippen LogP contribution in [0.4, 0.5) is 11.4 Å². The molecule has 0 unspecified atom stereocenters. The summed E-state index contributed by atoms with van der Waals surface area (Å²) in [5.74, 6) is 0.495. The molecule has 2 N–H and O–H groups in total. The van der Waals surface area contributed by atoms with Gasteiger partial charge >= 0.3 is 0 Å². The van der Waals surface area contributed by atoms with Gasteiger partial charge in [-0.2, -0.15) is 0 Å². The van der Waals surface area contributed by atoms with E-state index >= 15 is 0 Å². The molecule has 0 aromatic heterocycles. The van der Waals surface area contributed by atoms with Crippen molar-refractivity contribution in [2.24, 2.45) is 11.3 Å². The first-order valence-corrected chi connectivity index (χ1v) is 6.67. The molecular weight excluding hydrogens is 224 g/mol. The Kier molecular flexibility index (Phi) is 2.58. The van der Waals surface area contributed by atoms with E-state index in [1.165, 1.54) is 0 Å². The molecule has 1 aromatic carbocycles. The lowest BCUT2D eigenvalue weighted by Crippen LogP contribution is -2.46. The molecule has 1 fully saturated rings. The maximum atomic E-state index is 12.3. The molecule has 1 aromatic rings. The van der Waals surface area contributed by atoms with Crippen LogP contribution in [0.3, 0.4) is 0 Å². The van der Waals surface area contributed by atoms with Gasteiger partial charge in [-0.05, 0) is 24.0 Å². The highest BCUT2D eigenvalue weighted by Crippen LogP contribution is 2.40. The van der Waals surface area contributed by atoms with Crippen molar-refractivity contribution in [1.29, 1.82) is 0 Å². The lowest BCUT2D eigenvalue weighted by molar-refractivity contribution is -0.127. The molecule has 3 nitrogen and oxygen atoms in total. The third-order valence-electron chi connectivity index (χ3n) is 4.10. The highest BCUT2D eigenvalue weighted by atomic mass is 16.1. The van der Waals surface area contributed by atoms with Crippen LogP contribution in [0.1, 0.15) is 26.7 Å². The number of ketones is 1. The molecule has 1 saturated carbocycles. The summed E-state index contributed by atoms with van der Waals surface area (Å²) in [5, 5.41) is 6.96. The molecule has 0 saturated heterocycles. The Hall–Kier alpha value is -1.51. The zero-order valence-electron chi connectivity index (χ0n) is 11.0. The van der Waals surface area contributed by atoms with Gasteiger partial charge in [0.1, 0.15) is 5.78 Å². The first kappa shape index (κ1) is 11.6. The SMILES string of the molecule is CC1(C)CC(=O)[C@@H]2CNc3ccccc3N[C@H]2C1. The van der Waals surface area contributed by atoms with Gasteiger partial charge in [0.2, 0.25) is 0 Å². The van der Waals surface area contributed by atoms with Crippen LogP contribution in [0.5, 0.6) is 0 Å². The van der Waals surface area contributed by atoms with Crippen molar-refractivity contribution in [2.45, 2.75) is 32.7 Å². The minimum absolute atomic E-state index is 0.102. The van der Waals surface area contributed by atoms with Crippen LogP contribution < -0.4 is 10.6 Å². The summed E-state index contributed by atoms with van der Waals surface area (Å²) in [5.41, 5.74) is 2.35. The summed E-state index contributed by atoms with van der Waals surface area (Å²) >= 11 is 0. The zero-order valence-corrected chi connectivity index (χ0v) is 11.0. The van der Waals surface area contributed by atoms with Crippen LogP contribution in [-0.4, -0.2) is 18.4 Å². The second-order valence-corrected chi connectivity index (χ2v) is 6.30. The van der Waals surface area contributed by atoms with Crippen LogP contribution >= 0.6 is 0 Å². The molecule has 1 aliphatic heterocycles. The standard InChI is InChI=1S/C15H20N2O/c1-15(2)7-13-10(14(18)8-15)9-16-11-5-3-4-6-12(11)17-13/h3-6,10,13,16-17H,7-9H2,1-2H3/t10-,13+/m1/s1. The molecule has 0 spiro atoms. The van der Waals surface area contributed by atoms with E-state index in [2.05, 4.69) is 36.6 Å². The third-order valence-corrected chi connectivity index (χ3v) is 4.10. The highest BCUT2D eigenvalue weighted by Gasteiger charge is 2.41. The largest absolute Gasteiger partial charge is 0.383 e. The molecule has 3 heteroatoms. The summed E-state index contributed by atoms with van der Waals surface area (Å²) < 4.78 is 0. The second kappa shape index (κ2) is 4.01. The number of Topliss-reactive ketones (excluding diaryl/α,β-unsaturated/α-hetero) is 1. The second-order valence-electron chi connectivity index (χ2n) is 6.30. The molecule has 0 radical (unpaired) electrons. The quantitative estimate of drug-likeness (QED) is 0.737. The number of hydrogen-bond donors (Lipinski definition) is 2. The number of fused-ring (bicyclic) bond motifs is 2. The molecule has 0 amide bonds. The van der Waals surface area contributed by atoms with Gasteiger partial charge < -0.3 is 10.6 Å². The number of benzene rings is 1. The minimum atomic E-state index is 0.102. The van der Waals surface area contributed by atoms with Crippen molar-refractivity contribution < 1.29 is 4.79 Å². The molecule has 2 aliphatic rings. The van der Waals surface area contributed by atoms with E-state index in [-0.39, 0.29) is 17.4 Å². The predicted octanol–water partition coefficient (Wildman–Crippen LogP) is 2.90. The van der Waals surface area contributed by atoms with Gasteiger partial charge in [-0.1, -0.05) is 26.0 Å². The lowest BCUT2D eigenvalue weighted by atomic mass is 9.69. The van der Waals surface area contributed by atoms with Crippen molar-refractivity contribution in [3.8, 4) is 0 Å². The third kappa shape index (κ3) is 1.98. The normalized spacial score (nSPS) is 29.3. The monoisotopic (exact) mass is 244 g/mol. The molecular formula is C15H20N2O. The first-order valence-electron chi connectivity index (χ1n) is 6.67. The van der Waals surface area contributed by atoms with Gasteiger partial charge in [0.25, 0.3) is 0 Å². The van der Waals surface area contributed by atoms with Crippen LogP contribution in [0, 0.1) is 11.3 Å². The van der Waals surface area contributed by atoms with Crippen LogP contribution in [0.2, 0.25) is 0 Å². The van der Waals surface area contributed by atoms with E-state index in [9.17, 15) is 4.79 Å². The number of para-hydroxylation sites is 2. The average Bonchev–Trinajstić information content (AvgIpc) is 2.46. The number of carbonyl (C=O) groups excluding carboxylic acids is 1. The summed E-state index contributed by atoms with van der Waals surface area (Å²) in [6.45, 7) is 5.13. The number of carbonyl (C=O) groups is 1. The van der Waals surface area contributed by atoms with Crippen LogP contribution in [0.25, 0.3) is 0 Å². The Morgan fingerprint density at radius 3 is 2.72 bits per heavy atom. The smallest absolute Gasteiger partial charge is 0.140 e. The maximum Gasteiger partial charge on any atom is 0.140 e. The van der Waals surface area contributed by atoms with Crippen molar-refractivity contribution in [1.82, 2.24) is 0 Å². The fourth-order valence-corrected chi connectivity index (χ4v) is 3.23. The van der Waals surface area contributed by atoms with Gasteiger partial charge in [-0.3, -0.25) is 4.79 Å². The fourth-order valence-electron chi connectivity index (χ4n) is 3.23. The van der Waals surface area contributed by atoms with E-state index < -0.39 is 0 Å². The lowest BCUT2D eigenvalue weighted by Gasteiger charge is -2.39. The van der Waals surface area contributed by atoms with Gasteiger partial charge in [-0.15, -0.1) is 0 Å². The molecule has 2 atom stereocenters. The van der Waals surface area contributed by atoms with Crippen molar-refractivity contribution in [2.75, 3.05) is 17.2 Å². The minimum Gasteiger partial charge on any atom is -0.383 e. The van der Waals surface area contributed by atoms with E-state index in [4.69, 9.17) is 0 Å². The average molecular weight is 244 g/mol. The fraction of sp³-hybridized carbons (Fsp3) is 0.533. The van der Waals surface area contributed by atoms with Crippen LogP contribution in [-0.2, 0) is 4.79 Å². The maximum absolute atomic E-state index is 12.3. The molecule has 1 heterocycles. The summed E-state index contributed by atoms with van der Waals surface area (Å²) in [7, 11) is 0. The van der Waals surface area contributed by atoms with Crippen molar-refractivity contribution >= 4 is 17.2 Å². The Morgan fingerprint density at radius 2 is 1.94 bits per heavy atom. The topological polar surface area (TPSA) is 41.1 Å². The molecule has 3 rings (SSSR count). The van der Waals surface area contributed by atoms with Gasteiger partial charge in [0.05, 0.1) is 17.3 Å². The number of nitrogens with one attached hydrogen (secondary N) is 2.